The van der Waals surface area contributed by atoms with E-state index in [2.05, 4.69) is 5.32 Å². The second-order valence-electron chi connectivity index (χ2n) is 7.26. The highest BCUT2D eigenvalue weighted by Crippen LogP contribution is 2.28. The Hall–Kier alpha value is -2.45. The number of carbonyl (C=O) groups excluding carboxylic acids is 1. The summed E-state index contributed by atoms with van der Waals surface area (Å²) in [5, 5.41) is 2.77. The second-order valence-corrected chi connectivity index (χ2v) is 9.20. The summed E-state index contributed by atoms with van der Waals surface area (Å²) < 4.78 is 45.9. The Bertz CT molecular complexity index is 1020. The van der Waals surface area contributed by atoms with Gasteiger partial charge in [-0.2, -0.15) is 4.31 Å². The molecule has 0 aromatic heterocycles. The van der Waals surface area contributed by atoms with Crippen molar-refractivity contribution in [3.05, 3.63) is 53.3 Å². The molecule has 29 heavy (non-hydrogen) atoms. The topological polar surface area (TPSA) is 75.7 Å². The number of sulfonamides is 1. The maximum Gasteiger partial charge on any atom is 0.243 e. The van der Waals surface area contributed by atoms with Crippen LogP contribution in [-0.2, 0) is 14.8 Å². The van der Waals surface area contributed by atoms with Crippen molar-refractivity contribution in [2.24, 2.45) is 5.92 Å². The van der Waals surface area contributed by atoms with Crippen LogP contribution in [0.15, 0.2) is 41.3 Å². The van der Waals surface area contributed by atoms with Gasteiger partial charge in [-0.3, -0.25) is 4.79 Å². The van der Waals surface area contributed by atoms with Crippen LogP contribution in [0.5, 0.6) is 5.75 Å². The number of aryl methyl sites for hydroxylation is 2. The van der Waals surface area contributed by atoms with E-state index in [1.165, 1.54) is 29.6 Å². The summed E-state index contributed by atoms with van der Waals surface area (Å²) in [6.45, 7) is 4.10. The number of methoxy groups -OCH3 is 1. The number of rotatable bonds is 5. The molecule has 3 rings (SSSR count). The van der Waals surface area contributed by atoms with Crippen LogP contribution in [-0.4, -0.2) is 38.8 Å². The highest BCUT2D eigenvalue weighted by molar-refractivity contribution is 7.89. The Kier molecular flexibility index (Phi) is 6.24. The number of anilines is 1. The van der Waals surface area contributed by atoms with Gasteiger partial charge in [0.15, 0.2) is 0 Å². The number of benzene rings is 2. The summed E-state index contributed by atoms with van der Waals surface area (Å²) in [4.78, 5) is 12.8. The minimum Gasteiger partial charge on any atom is -0.496 e. The lowest BCUT2D eigenvalue weighted by Gasteiger charge is -2.30. The van der Waals surface area contributed by atoms with Crippen molar-refractivity contribution in [1.29, 1.82) is 0 Å². The fourth-order valence-corrected chi connectivity index (χ4v) is 5.04. The molecule has 1 heterocycles. The maximum atomic E-state index is 13.4. The molecular weight excluding hydrogens is 395 g/mol. The third kappa shape index (κ3) is 4.59. The molecular formula is C21H25FN2O4S. The van der Waals surface area contributed by atoms with Crippen molar-refractivity contribution >= 4 is 21.6 Å². The summed E-state index contributed by atoms with van der Waals surface area (Å²) in [6, 6.07) is 9.02. The molecule has 0 unspecified atom stereocenters. The number of hydrogen-bond acceptors (Lipinski definition) is 4. The summed E-state index contributed by atoms with van der Waals surface area (Å²) in [7, 11) is -2.09. The zero-order valence-corrected chi connectivity index (χ0v) is 17.6. The number of nitrogens with one attached hydrogen (secondary N) is 1. The molecule has 8 heteroatoms. The van der Waals surface area contributed by atoms with E-state index in [9.17, 15) is 17.6 Å². The molecule has 2 aromatic rings. The summed E-state index contributed by atoms with van der Waals surface area (Å²) >= 11 is 0. The van der Waals surface area contributed by atoms with Crippen LogP contribution in [0.25, 0.3) is 0 Å². The molecule has 1 saturated heterocycles. The molecule has 1 aliphatic heterocycles. The third-order valence-electron chi connectivity index (χ3n) is 5.29. The van der Waals surface area contributed by atoms with Crippen molar-refractivity contribution in [3.63, 3.8) is 0 Å². The summed E-state index contributed by atoms with van der Waals surface area (Å²) in [6.07, 6.45) is 0.823. The van der Waals surface area contributed by atoms with Crippen LogP contribution in [0, 0.1) is 25.6 Å². The second kappa shape index (κ2) is 8.51. The molecule has 0 aliphatic carbocycles. The first-order valence-corrected chi connectivity index (χ1v) is 10.9. The number of nitrogens with zero attached hydrogens (tertiary/aromatic N) is 1. The van der Waals surface area contributed by atoms with Crippen molar-refractivity contribution in [2.45, 2.75) is 31.6 Å². The zero-order valence-electron chi connectivity index (χ0n) is 16.7. The standard InChI is InChI=1S/C21H25FN2O4S/c1-14-4-5-17(22)13-19(14)23-21(25)16-8-10-24(11-9-16)29(26,27)18-6-7-20(28-3)15(2)12-18/h4-7,12-13,16H,8-11H2,1-3H3,(H,23,25). The van der Waals surface area contributed by atoms with Crippen LogP contribution >= 0.6 is 0 Å². The van der Waals surface area contributed by atoms with E-state index in [0.717, 1.165) is 11.1 Å². The Morgan fingerprint density at radius 2 is 1.79 bits per heavy atom. The minimum absolute atomic E-state index is 0.212. The lowest BCUT2D eigenvalue weighted by molar-refractivity contribution is -0.120. The van der Waals surface area contributed by atoms with Crippen molar-refractivity contribution in [2.75, 3.05) is 25.5 Å². The maximum absolute atomic E-state index is 13.4. The molecule has 1 N–H and O–H groups in total. The van der Waals surface area contributed by atoms with Gasteiger partial charge in [-0.15, -0.1) is 0 Å². The fourth-order valence-electron chi connectivity index (χ4n) is 3.48. The predicted octanol–water partition coefficient (Wildman–Crippen LogP) is 3.49. The van der Waals surface area contributed by atoms with Crippen LogP contribution in [0.3, 0.4) is 0 Å². The number of ether oxygens (including phenoxy) is 1. The molecule has 0 atom stereocenters. The molecule has 0 radical (unpaired) electrons. The van der Waals surface area contributed by atoms with Gasteiger partial charge in [0.2, 0.25) is 15.9 Å². The van der Waals surface area contributed by atoms with Gasteiger partial charge in [0.25, 0.3) is 0 Å². The van der Waals surface area contributed by atoms with Crippen molar-refractivity contribution < 1.29 is 22.3 Å². The average Bonchev–Trinajstić information content (AvgIpc) is 2.70. The quantitative estimate of drug-likeness (QED) is 0.803. The zero-order chi connectivity index (χ0) is 21.2. The summed E-state index contributed by atoms with van der Waals surface area (Å²) in [5.41, 5.74) is 1.96. The van der Waals surface area contributed by atoms with E-state index in [1.807, 2.05) is 0 Å². The normalized spacial score (nSPS) is 15.9. The lowest BCUT2D eigenvalue weighted by Crippen LogP contribution is -2.41. The highest BCUT2D eigenvalue weighted by Gasteiger charge is 2.32. The van der Waals surface area contributed by atoms with E-state index in [0.29, 0.717) is 24.3 Å². The van der Waals surface area contributed by atoms with E-state index in [-0.39, 0.29) is 29.8 Å². The Balaban J connectivity index is 1.65. The molecule has 2 aromatic carbocycles. The molecule has 0 spiro atoms. The largest absolute Gasteiger partial charge is 0.496 e. The molecule has 1 fully saturated rings. The average molecular weight is 421 g/mol. The SMILES string of the molecule is COc1ccc(S(=O)(=O)N2CCC(C(=O)Nc3cc(F)ccc3C)CC2)cc1C. The van der Waals surface area contributed by atoms with Crippen molar-refractivity contribution in [1.82, 2.24) is 4.31 Å². The number of piperidine rings is 1. The van der Waals surface area contributed by atoms with Crippen LogP contribution in [0.1, 0.15) is 24.0 Å². The molecule has 0 bridgehead atoms. The van der Waals surface area contributed by atoms with Gasteiger partial charge >= 0.3 is 0 Å². The molecule has 0 saturated carbocycles. The van der Waals surface area contributed by atoms with E-state index < -0.39 is 15.8 Å². The van der Waals surface area contributed by atoms with Crippen LogP contribution in [0.2, 0.25) is 0 Å². The number of hydrogen-bond donors (Lipinski definition) is 1. The number of amides is 1. The van der Waals surface area contributed by atoms with Gasteiger partial charge in [-0.05, 0) is 68.1 Å². The van der Waals surface area contributed by atoms with Crippen LogP contribution < -0.4 is 10.1 Å². The van der Waals surface area contributed by atoms with E-state index >= 15 is 0 Å². The van der Waals surface area contributed by atoms with E-state index in [1.54, 1.807) is 32.0 Å². The monoisotopic (exact) mass is 420 g/mol. The van der Waals surface area contributed by atoms with Gasteiger partial charge < -0.3 is 10.1 Å². The van der Waals surface area contributed by atoms with Gasteiger partial charge in [0, 0.05) is 24.7 Å². The lowest BCUT2D eigenvalue weighted by atomic mass is 9.97. The summed E-state index contributed by atoms with van der Waals surface area (Å²) in [5.74, 6) is -0.314. The van der Waals surface area contributed by atoms with Gasteiger partial charge in [-0.1, -0.05) is 6.07 Å². The highest BCUT2D eigenvalue weighted by atomic mass is 32.2. The Morgan fingerprint density at radius 3 is 2.41 bits per heavy atom. The van der Waals surface area contributed by atoms with Gasteiger partial charge in [0.1, 0.15) is 11.6 Å². The predicted molar refractivity (Wildman–Crippen MR) is 109 cm³/mol. The van der Waals surface area contributed by atoms with E-state index in [4.69, 9.17) is 4.74 Å². The van der Waals surface area contributed by atoms with Crippen molar-refractivity contribution in [3.8, 4) is 5.75 Å². The molecule has 6 nitrogen and oxygen atoms in total. The first-order valence-electron chi connectivity index (χ1n) is 9.44. The minimum atomic E-state index is -3.63. The van der Waals surface area contributed by atoms with Gasteiger partial charge in [-0.25, -0.2) is 12.8 Å². The third-order valence-corrected chi connectivity index (χ3v) is 7.18. The smallest absolute Gasteiger partial charge is 0.243 e. The fraction of sp³-hybridized carbons (Fsp3) is 0.381. The first kappa shape index (κ1) is 21.3. The number of carbonyl (C=O) groups is 1. The van der Waals surface area contributed by atoms with Crippen LogP contribution in [0.4, 0.5) is 10.1 Å². The molecule has 1 amide bonds. The molecule has 156 valence electrons. The van der Waals surface area contributed by atoms with Gasteiger partial charge in [0.05, 0.1) is 12.0 Å². The first-order chi connectivity index (χ1) is 13.7. The number of halogens is 1. The molecule has 1 aliphatic rings. The Morgan fingerprint density at radius 1 is 1.10 bits per heavy atom. The Labute approximate surface area is 170 Å².